The van der Waals surface area contributed by atoms with Crippen LogP contribution in [0.4, 0.5) is 0 Å². The Morgan fingerprint density at radius 3 is 1.62 bits per heavy atom. The van der Waals surface area contributed by atoms with Gasteiger partial charge in [0.2, 0.25) is 0 Å². The minimum absolute atomic E-state index is 0.983. The molecule has 0 aromatic carbocycles. The van der Waals surface area contributed by atoms with Gasteiger partial charge in [0.15, 0.2) is 0 Å². The fourth-order valence-electron chi connectivity index (χ4n) is 0.177. The third-order valence-corrected chi connectivity index (χ3v) is 0.354. The van der Waals surface area contributed by atoms with Crippen LogP contribution in [0.1, 0.15) is 34.1 Å². The molecule has 0 aliphatic rings. The second kappa shape index (κ2) is 67.9. The lowest BCUT2D eigenvalue weighted by molar-refractivity contribution is 0.277. The topological polar surface area (TPSA) is 35.2 Å². The van der Waals surface area contributed by atoms with E-state index in [1.807, 2.05) is 27.7 Å². The van der Waals surface area contributed by atoms with E-state index in [-0.39, 0.29) is 0 Å². The van der Waals surface area contributed by atoms with E-state index in [0.717, 1.165) is 6.42 Å². The molecular formula is C11H25NO. The first-order valence-electron chi connectivity index (χ1n) is 4.37. The molecule has 0 saturated carbocycles. The first-order valence-corrected chi connectivity index (χ1v) is 4.37. The van der Waals surface area contributed by atoms with Crippen molar-refractivity contribution in [2.24, 2.45) is 5.73 Å². The molecule has 2 N–H and O–H groups in total. The maximum absolute atomic E-state index is 4.61. The Hall–Kier alpha value is -0.940. The Balaban J connectivity index is -0.0000000446. The van der Waals surface area contributed by atoms with Crippen LogP contribution in [-0.2, 0) is 4.74 Å². The van der Waals surface area contributed by atoms with E-state index < -0.39 is 0 Å². The van der Waals surface area contributed by atoms with Crippen LogP contribution in [0.15, 0.2) is 12.8 Å². The van der Waals surface area contributed by atoms with Crippen LogP contribution >= 0.6 is 0 Å². The van der Waals surface area contributed by atoms with Gasteiger partial charge < -0.3 is 10.5 Å². The zero-order chi connectivity index (χ0) is 11.5. The minimum Gasteiger partial charge on any atom is -0.405 e. The molecule has 80 valence electrons. The number of methoxy groups -OCH3 is 1. The Bertz CT molecular complexity index is 100. The highest BCUT2D eigenvalue weighted by molar-refractivity contribution is 4.92. The molecule has 0 radical (unpaired) electrons. The van der Waals surface area contributed by atoms with E-state index in [0.29, 0.717) is 0 Å². The Labute approximate surface area is 84.2 Å². The molecule has 2 heteroatoms. The zero-order valence-electron chi connectivity index (χ0n) is 9.98. The molecule has 0 saturated heterocycles. The molecule has 0 aromatic heterocycles. The maximum Gasteiger partial charge on any atom is 0.0351 e. The number of nitrogens with two attached hydrogens (primary N) is 1. The molecule has 0 rings (SSSR count). The van der Waals surface area contributed by atoms with Gasteiger partial charge in [-0.2, -0.15) is 0 Å². The summed E-state index contributed by atoms with van der Waals surface area (Å²) in [5, 5.41) is 0. The Morgan fingerprint density at radius 2 is 1.62 bits per heavy atom. The lowest BCUT2D eigenvalue weighted by Crippen LogP contribution is -1.67. The molecule has 0 unspecified atom stereocenters. The largest absolute Gasteiger partial charge is 0.405 e. The van der Waals surface area contributed by atoms with Gasteiger partial charge in [-0.15, -0.1) is 11.8 Å². The summed E-state index contributed by atoms with van der Waals surface area (Å²) in [6, 6.07) is 0. The molecule has 0 aromatic rings. The van der Waals surface area contributed by atoms with E-state index in [1.165, 1.54) is 6.20 Å². The fourth-order valence-corrected chi connectivity index (χ4v) is 0.177. The van der Waals surface area contributed by atoms with Gasteiger partial charge in [0.05, 0.1) is 0 Å². The highest BCUT2D eigenvalue weighted by Gasteiger charge is 1.48. The van der Waals surface area contributed by atoms with Crippen molar-refractivity contribution >= 4 is 0 Å². The molecule has 0 aliphatic carbocycles. The summed E-state index contributed by atoms with van der Waals surface area (Å²) in [6.45, 7) is 11.0. The molecule has 0 atom stereocenters. The van der Waals surface area contributed by atoms with Gasteiger partial charge in [-0.1, -0.05) is 27.4 Å². The van der Waals surface area contributed by atoms with Gasteiger partial charge in [0, 0.05) is 20.6 Å². The molecule has 0 heterocycles. The summed E-state index contributed by atoms with van der Waals surface area (Å²) in [4.78, 5) is 0. The zero-order valence-corrected chi connectivity index (χ0v) is 9.98. The van der Waals surface area contributed by atoms with Gasteiger partial charge in [0.1, 0.15) is 0 Å². The average Bonchev–Trinajstić information content (AvgIpc) is 2.12. The van der Waals surface area contributed by atoms with Gasteiger partial charge >= 0.3 is 0 Å². The number of hydrogen-bond acceptors (Lipinski definition) is 2. The summed E-state index contributed by atoms with van der Waals surface area (Å²) in [5.74, 6) is 5.63. The van der Waals surface area contributed by atoms with E-state index in [2.05, 4.69) is 28.9 Å². The van der Waals surface area contributed by atoms with Crippen molar-refractivity contribution in [3.8, 4) is 11.8 Å². The summed E-state index contributed by atoms with van der Waals surface area (Å²) >= 11 is 0. The van der Waals surface area contributed by atoms with E-state index in [4.69, 9.17) is 0 Å². The van der Waals surface area contributed by atoms with Gasteiger partial charge in [0.25, 0.3) is 0 Å². The van der Waals surface area contributed by atoms with Crippen LogP contribution in [0.3, 0.4) is 0 Å². The Morgan fingerprint density at radius 1 is 1.38 bits per heavy atom. The number of rotatable bonds is 0. The third-order valence-electron chi connectivity index (χ3n) is 0.354. The maximum atomic E-state index is 4.61. The fraction of sp³-hybridized carbons (Fsp3) is 0.636. The van der Waals surface area contributed by atoms with Crippen molar-refractivity contribution in [3.05, 3.63) is 12.8 Å². The van der Waals surface area contributed by atoms with E-state index >= 15 is 0 Å². The van der Waals surface area contributed by atoms with Crippen molar-refractivity contribution < 1.29 is 4.74 Å². The first-order chi connectivity index (χ1) is 6.24. The molecule has 0 spiro atoms. The molecular weight excluding hydrogens is 162 g/mol. The minimum atomic E-state index is 0.983. The molecule has 0 amide bonds. The van der Waals surface area contributed by atoms with Crippen LogP contribution < -0.4 is 5.73 Å². The highest BCUT2D eigenvalue weighted by atomic mass is 16.4. The van der Waals surface area contributed by atoms with Crippen LogP contribution in [-0.4, -0.2) is 14.2 Å². The van der Waals surface area contributed by atoms with Gasteiger partial charge in [-0.05, 0) is 13.1 Å². The van der Waals surface area contributed by atoms with Crippen LogP contribution in [0.2, 0.25) is 0 Å². The standard InChI is InChI=1S/C5H8.C2H5N.C2H6O.C2H6/c1-3-5-4-2;1-2-3;1-3-2;1-2/h3H2,1-2H3;2H,1,3H2;1-2H3;1-2H3. The lowest BCUT2D eigenvalue weighted by atomic mass is 10.5. The summed E-state index contributed by atoms with van der Waals surface area (Å²) < 4.78 is 4.25. The monoisotopic (exact) mass is 187 g/mol. The van der Waals surface area contributed by atoms with Crippen molar-refractivity contribution in [2.75, 3.05) is 14.2 Å². The summed E-state index contributed by atoms with van der Waals surface area (Å²) in [5.41, 5.74) is 4.61. The van der Waals surface area contributed by atoms with Crippen LogP contribution in [0.5, 0.6) is 0 Å². The third kappa shape index (κ3) is 808. The van der Waals surface area contributed by atoms with Crippen molar-refractivity contribution in [2.45, 2.75) is 34.1 Å². The molecule has 0 bridgehead atoms. The molecule has 2 nitrogen and oxygen atoms in total. The first kappa shape index (κ1) is 22.7. The normalized spacial score (nSPS) is 4.77. The van der Waals surface area contributed by atoms with Crippen molar-refractivity contribution in [1.82, 2.24) is 0 Å². The average molecular weight is 187 g/mol. The van der Waals surface area contributed by atoms with Crippen molar-refractivity contribution in [1.29, 1.82) is 0 Å². The molecule has 0 aliphatic heterocycles. The predicted molar refractivity (Wildman–Crippen MR) is 62.4 cm³/mol. The highest BCUT2D eigenvalue weighted by Crippen LogP contribution is 1.62. The second-order valence-electron chi connectivity index (χ2n) is 1.42. The summed E-state index contributed by atoms with van der Waals surface area (Å²) in [7, 11) is 3.25. The SMILES string of the molecule is C=CN.CC.CC#CCC.COC. The van der Waals surface area contributed by atoms with Gasteiger partial charge in [-0.3, -0.25) is 0 Å². The summed E-state index contributed by atoms with van der Waals surface area (Å²) in [6.07, 6.45) is 2.23. The van der Waals surface area contributed by atoms with E-state index in [1.54, 1.807) is 14.2 Å². The van der Waals surface area contributed by atoms with Crippen molar-refractivity contribution in [3.63, 3.8) is 0 Å². The van der Waals surface area contributed by atoms with Crippen LogP contribution in [0, 0.1) is 11.8 Å². The quantitative estimate of drug-likeness (QED) is 0.592. The number of ether oxygens (including phenoxy) is 1. The number of hydrogen-bond donors (Lipinski definition) is 1. The Kier molecular flexibility index (Phi) is 119. The molecule has 0 fully saturated rings. The van der Waals surface area contributed by atoms with E-state index in [9.17, 15) is 0 Å². The smallest absolute Gasteiger partial charge is 0.0351 e. The second-order valence-corrected chi connectivity index (χ2v) is 1.42. The molecule has 13 heavy (non-hydrogen) atoms. The predicted octanol–water partition coefficient (Wildman–Crippen LogP) is 2.80. The van der Waals surface area contributed by atoms with Gasteiger partial charge in [-0.25, -0.2) is 0 Å². The van der Waals surface area contributed by atoms with Crippen LogP contribution in [0.25, 0.3) is 0 Å². The lowest BCUT2D eigenvalue weighted by Gasteiger charge is -1.61.